The molecule has 0 radical (unpaired) electrons. The third-order valence-corrected chi connectivity index (χ3v) is 4.35. The van der Waals surface area contributed by atoms with E-state index >= 15 is 0 Å². The van der Waals surface area contributed by atoms with Crippen molar-refractivity contribution in [3.8, 4) is 0 Å². The summed E-state index contributed by atoms with van der Waals surface area (Å²) in [5, 5.41) is 0. The fraction of sp³-hybridized carbons (Fsp3) is 0.0870. The number of rotatable bonds is 3. The van der Waals surface area contributed by atoms with Crippen molar-refractivity contribution in [2.45, 2.75) is 13.2 Å². The molecule has 3 aromatic carbocycles. The molecule has 0 N–H and O–H groups in total. The van der Waals surface area contributed by atoms with E-state index < -0.39 is 0 Å². The number of hydrogen-bond acceptors (Lipinski definition) is 1. The van der Waals surface area contributed by atoms with Gasteiger partial charge in [-0.1, -0.05) is 66.7 Å². The second-order valence-corrected chi connectivity index (χ2v) is 6.05. The lowest BCUT2D eigenvalue weighted by molar-refractivity contribution is -0.530. The molecule has 0 saturated heterocycles. The van der Waals surface area contributed by atoms with Gasteiger partial charge in [-0.15, -0.1) is 0 Å². The first kappa shape index (κ1) is 15.4. The summed E-state index contributed by atoms with van der Waals surface area (Å²) in [6.45, 7) is 2.09. The van der Waals surface area contributed by atoms with Crippen LogP contribution in [0.4, 0.5) is 5.69 Å². The summed E-state index contributed by atoms with van der Waals surface area (Å²) in [7, 11) is 0. The molecular formula is C23H20NO+. The molecule has 122 valence electrons. The van der Waals surface area contributed by atoms with Crippen LogP contribution in [0.3, 0.4) is 0 Å². The average Bonchev–Trinajstić information content (AvgIpc) is 2.69. The second-order valence-electron chi connectivity index (χ2n) is 6.05. The lowest BCUT2D eigenvalue weighted by Gasteiger charge is -2.22. The van der Waals surface area contributed by atoms with Gasteiger partial charge >= 0.3 is 0 Å². The van der Waals surface area contributed by atoms with Crippen molar-refractivity contribution in [3.63, 3.8) is 0 Å². The molecule has 0 spiro atoms. The number of nitrogens with zero attached hydrogens (tertiary/aromatic N) is 1. The summed E-state index contributed by atoms with van der Waals surface area (Å²) >= 11 is 0. The average molecular weight is 326 g/mol. The third kappa shape index (κ3) is 3.11. The van der Waals surface area contributed by atoms with Crippen molar-refractivity contribution in [1.29, 1.82) is 0 Å². The smallest absolute Gasteiger partial charge is 0.299 e. The molecule has 1 unspecified atom stereocenters. The predicted molar refractivity (Wildman–Crippen MR) is 102 cm³/mol. The molecule has 3 aromatic rings. The maximum Gasteiger partial charge on any atom is 0.299 e. The summed E-state index contributed by atoms with van der Waals surface area (Å²) in [5.74, 6) is 0.902. The van der Waals surface area contributed by atoms with E-state index in [9.17, 15) is 0 Å². The van der Waals surface area contributed by atoms with Gasteiger partial charge in [0.1, 0.15) is 5.76 Å². The molecule has 4 rings (SSSR count). The number of hydrogen-bond donors (Lipinski definition) is 0. The van der Waals surface area contributed by atoms with E-state index in [4.69, 9.17) is 4.74 Å². The Bertz CT molecular complexity index is 912. The monoisotopic (exact) mass is 326 g/mol. The summed E-state index contributed by atoms with van der Waals surface area (Å²) in [6, 6.07) is 31.1. The van der Waals surface area contributed by atoms with Gasteiger partial charge in [0.15, 0.2) is 0 Å². The quantitative estimate of drug-likeness (QED) is 0.600. The van der Waals surface area contributed by atoms with Crippen LogP contribution < -0.4 is 0 Å². The predicted octanol–water partition coefficient (Wildman–Crippen LogP) is 5.24. The van der Waals surface area contributed by atoms with Gasteiger partial charge in [-0.3, -0.25) is 0 Å². The maximum atomic E-state index is 6.26. The van der Waals surface area contributed by atoms with Crippen molar-refractivity contribution in [3.05, 3.63) is 108 Å². The van der Waals surface area contributed by atoms with Gasteiger partial charge in [-0.25, -0.2) is 0 Å². The third-order valence-electron chi connectivity index (χ3n) is 4.35. The Morgan fingerprint density at radius 3 is 1.80 bits per heavy atom. The minimum absolute atomic E-state index is 0.0992. The van der Waals surface area contributed by atoms with E-state index in [1.165, 1.54) is 5.56 Å². The first-order valence-electron chi connectivity index (χ1n) is 8.53. The highest BCUT2D eigenvalue weighted by atomic mass is 16.5. The fourth-order valence-electron chi connectivity index (χ4n) is 3.18. The topological polar surface area (TPSA) is 12.2 Å². The molecule has 0 bridgehead atoms. The number of ether oxygens (including phenoxy) is 1. The summed E-state index contributed by atoms with van der Waals surface area (Å²) < 4.78 is 8.50. The maximum absolute atomic E-state index is 6.26. The molecular weight excluding hydrogens is 306 g/mol. The molecule has 0 aromatic heterocycles. The van der Waals surface area contributed by atoms with Crippen LogP contribution in [-0.4, -0.2) is 16.5 Å². The zero-order valence-corrected chi connectivity index (χ0v) is 14.2. The van der Waals surface area contributed by atoms with Gasteiger partial charge in [0.25, 0.3) is 6.23 Å². The van der Waals surface area contributed by atoms with Crippen molar-refractivity contribution < 1.29 is 9.31 Å². The van der Waals surface area contributed by atoms with E-state index in [1.807, 2.05) is 30.3 Å². The van der Waals surface area contributed by atoms with Crippen molar-refractivity contribution in [2.24, 2.45) is 0 Å². The zero-order chi connectivity index (χ0) is 17.1. The Hall–Kier alpha value is -3.13. The van der Waals surface area contributed by atoms with Gasteiger partial charge in [-0.05, 0) is 12.1 Å². The molecule has 2 nitrogen and oxygen atoms in total. The number of benzene rings is 3. The van der Waals surface area contributed by atoms with Crippen molar-refractivity contribution in [1.82, 2.24) is 0 Å². The van der Waals surface area contributed by atoms with Crippen molar-refractivity contribution in [2.75, 3.05) is 0 Å². The molecule has 0 saturated carbocycles. The first-order chi connectivity index (χ1) is 12.3. The van der Waals surface area contributed by atoms with E-state index in [0.717, 1.165) is 22.7 Å². The lowest BCUT2D eigenvalue weighted by atomic mass is 10.0. The van der Waals surface area contributed by atoms with Crippen LogP contribution in [0.25, 0.3) is 5.76 Å². The van der Waals surface area contributed by atoms with Crippen LogP contribution in [0, 0.1) is 0 Å². The van der Waals surface area contributed by atoms with E-state index in [-0.39, 0.29) is 6.23 Å². The van der Waals surface area contributed by atoms with Crippen LogP contribution in [0.5, 0.6) is 0 Å². The summed E-state index contributed by atoms with van der Waals surface area (Å²) in [6.07, 6.45) is 2.04. The lowest BCUT2D eigenvalue weighted by Crippen LogP contribution is -2.31. The van der Waals surface area contributed by atoms with Crippen LogP contribution in [0.1, 0.15) is 18.1 Å². The molecule has 25 heavy (non-hydrogen) atoms. The minimum atomic E-state index is -0.0992. The molecule has 0 amide bonds. The van der Waals surface area contributed by atoms with E-state index in [1.54, 1.807) is 0 Å². The van der Waals surface area contributed by atoms with E-state index in [0.29, 0.717) is 0 Å². The molecule has 2 heteroatoms. The highest BCUT2D eigenvalue weighted by Crippen LogP contribution is 2.28. The zero-order valence-electron chi connectivity index (χ0n) is 14.2. The second kappa shape index (κ2) is 6.78. The summed E-state index contributed by atoms with van der Waals surface area (Å²) in [5.41, 5.74) is 4.53. The van der Waals surface area contributed by atoms with Crippen LogP contribution in [0.2, 0.25) is 0 Å². The van der Waals surface area contributed by atoms with Gasteiger partial charge in [0.05, 0.1) is 6.08 Å². The molecule has 0 fully saturated rings. The standard InChI is InChI=1S/C23H20NO/c1-18-24(21-15-9-4-10-16-21)22(19-11-5-2-6-12-19)17-23(25-18)20-13-7-3-8-14-20/h2-18H,1H3/q+1. The highest BCUT2D eigenvalue weighted by Gasteiger charge is 2.31. The van der Waals surface area contributed by atoms with Crippen LogP contribution in [0.15, 0.2) is 97.1 Å². The van der Waals surface area contributed by atoms with Crippen molar-refractivity contribution >= 4 is 17.2 Å². The Balaban J connectivity index is 1.92. The Kier molecular flexibility index (Phi) is 4.17. The number of para-hydroxylation sites is 1. The number of allylic oxidation sites excluding steroid dienone is 1. The highest BCUT2D eigenvalue weighted by molar-refractivity contribution is 6.09. The van der Waals surface area contributed by atoms with Crippen LogP contribution in [-0.2, 0) is 4.74 Å². The summed E-state index contributed by atoms with van der Waals surface area (Å²) in [4.78, 5) is 0. The molecule has 1 aliphatic heterocycles. The minimum Gasteiger partial charge on any atom is -0.433 e. The van der Waals surface area contributed by atoms with Gasteiger partial charge in [-0.2, -0.15) is 4.58 Å². The van der Waals surface area contributed by atoms with Gasteiger partial charge < -0.3 is 4.74 Å². The Morgan fingerprint density at radius 1 is 0.680 bits per heavy atom. The largest absolute Gasteiger partial charge is 0.433 e. The Morgan fingerprint density at radius 2 is 1.20 bits per heavy atom. The molecule has 1 aliphatic rings. The Labute approximate surface area is 148 Å². The SMILES string of the molecule is CC1OC(c2ccccc2)=CC(c2ccccc2)=[N+]1c1ccccc1. The van der Waals surface area contributed by atoms with Gasteiger partial charge in [0, 0.05) is 30.2 Å². The van der Waals surface area contributed by atoms with Gasteiger partial charge in [0.2, 0.25) is 11.4 Å². The fourth-order valence-corrected chi connectivity index (χ4v) is 3.18. The molecule has 0 aliphatic carbocycles. The van der Waals surface area contributed by atoms with E-state index in [2.05, 4.69) is 78.2 Å². The van der Waals surface area contributed by atoms with Crippen LogP contribution >= 0.6 is 0 Å². The molecule has 1 atom stereocenters. The molecule has 1 heterocycles. The first-order valence-corrected chi connectivity index (χ1v) is 8.53. The normalized spacial score (nSPS) is 17.0.